The van der Waals surface area contributed by atoms with Crippen molar-refractivity contribution >= 4 is 41.3 Å². The maximum Gasteiger partial charge on any atom is 0.344 e. The van der Waals surface area contributed by atoms with Crippen LogP contribution < -0.4 is 0 Å². The Morgan fingerprint density at radius 1 is 1.18 bits per heavy atom. The van der Waals surface area contributed by atoms with Crippen molar-refractivity contribution in [1.29, 1.82) is 0 Å². The van der Waals surface area contributed by atoms with Crippen molar-refractivity contribution < 1.29 is 52.8 Å². The van der Waals surface area contributed by atoms with E-state index in [1.165, 1.54) is 19.9 Å². The quantitative estimate of drug-likeness (QED) is 0.175. The lowest BCUT2D eigenvalue weighted by Crippen LogP contribution is -2.69. The van der Waals surface area contributed by atoms with Crippen LogP contribution in [0.25, 0.3) is 0 Å². The molecule has 0 aromatic rings. The van der Waals surface area contributed by atoms with Gasteiger partial charge in [0.25, 0.3) is 0 Å². The number of hydrogen-bond acceptors (Lipinski definition) is 11. The molecule has 2 heterocycles. The van der Waals surface area contributed by atoms with Gasteiger partial charge in [-0.25, -0.2) is 4.79 Å². The normalized spacial score (nSPS) is 43.7. The van der Waals surface area contributed by atoms with Crippen LogP contribution in [-0.4, -0.2) is 82.4 Å². The number of fused-ring (bicyclic) bond motifs is 4. The molecule has 208 valence electrons. The molecule has 10 atom stereocenters. The summed E-state index contributed by atoms with van der Waals surface area (Å²) in [6.07, 6.45) is -1.05. The van der Waals surface area contributed by atoms with E-state index in [1.807, 2.05) is 0 Å². The van der Waals surface area contributed by atoms with Crippen LogP contribution in [0.5, 0.6) is 0 Å². The summed E-state index contributed by atoms with van der Waals surface area (Å²) in [5.74, 6) is -6.65. The third kappa shape index (κ3) is 4.34. The SMILES string of the molecule is C=C1CC2OC2C2(C)C=CC(=O)C(C)(OC(C)=O)C2C(OC(=O)COC(C)=O)C2(O)C(C)C(=O)OC2C1Cl. The lowest BCUT2D eigenvalue weighted by Gasteiger charge is -2.53. The lowest BCUT2D eigenvalue weighted by atomic mass is 9.55. The Morgan fingerprint density at radius 2 is 1.84 bits per heavy atom. The summed E-state index contributed by atoms with van der Waals surface area (Å²) < 4.78 is 27.7. The maximum absolute atomic E-state index is 13.4. The summed E-state index contributed by atoms with van der Waals surface area (Å²) >= 11 is 6.71. The van der Waals surface area contributed by atoms with Gasteiger partial charge in [0.2, 0.25) is 0 Å². The van der Waals surface area contributed by atoms with Crippen molar-refractivity contribution in [3.8, 4) is 0 Å². The molecule has 2 aliphatic carbocycles. The summed E-state index contributed by atoms with van der Waals surface area (Å²) in [5.41, 5.74) is -5.03. The van der Waals surface area contributed by atoms with Gasteiger partial charge in [-0.05, 0) is 26.3 Å². The fourth-order valence-electron chi connectivity index (χ4n) is 6.23. The highest BCUT2D eigenvalue weighted by molar-refractivity contribution is 6.23. The van der Waals surface area contributed by atoms with E-state index in [0.29, 0.717) is 5.57 Å². The molecule has 1 N–H and O–H groups in total. The molecule has 2 aliphatic heterocycles. The molecule has 12 heteroatoms. The summed E-state index contributed by atoms with van der Waals surface area (Å²) in [5, 5.41) is 11.3. The van der Waals surface area contributed by atoms with Crippen molar-refractivity contribution in [1.82, 2.24) is 0 Å². The van der Waals surface area contributed by atoms with Crippen molar-refractivity contribution in [3.05, 3.63) is 24.3 Å². The van der Waals surface area contributed by atoms with E-state index in [9.17, 15) is 29.1 Å². The Kier molecular flexibility index (Phi) is 7.03. The summed E-state index contributed by atoms with van der Waals surface area (Å²) in [4.78, 5) is 62.9. The van der Waals surface area contributed by atoms with Gasteiger partial charge in [-0.15, -0.1) is 11.6 Å². The molecule has 4 rings (SSSR count). The van der Waals surface area contributed by atoms with Gasteiger partial charge >= 0.3 is 23.9 Å². The topological polar surface area (TPSA) is 155 Å². The minimum Gasteiger partial charge on any atom is -0.457 e. The predicted octanol–water partition coefficient (Wildman–Crippen LogP) is 1.17. The van der Waals surface area contributed by atoms with Gasteiger partial charge in [0.15, 0.2) is 29.7 Å². The molecule has 38 heavy (non-hydrogen) atoms. The van der Waals surface area contributed by atoms with Gasteiger partial charge in [0.1, 0.15) is 6.10 Å². The lowest BCUT2D eigenvalue weighted by molar-refractivity contribution is -0.227. The Hall–Kier alpha value is -2.76. The second kappa shape index (κ2) is 9.46. The molecule has 11 nitrogen and oxygen atoms in total. The number of epoxide rings is 1. The third-order valence-corrected chi connectivity index (χ3v) is 8.71. The number of carbonyl (C=O) groups is 5. The maximum atomic E-state index is 13.4. The van der Waals surface area contributed by atoms with Gasteiger partial charge in [-0.2, -0.15) is 0 Å². The van der Waals surface area contributed by atoms with Crippen LogP contribution in [0, 0.1) is 17.3 Å². The molecule has 2 saturated heterocycles. The second-order valence-electron chi connectivity index (χ2n) is 10.8. The first kappa shape index (κ1) is 28.3. The minimum absolute atomic E-state index is 0.266. The van der Waals surface area contributed by atoms with Gasteiger partial charge in [-0.1, -0.05) is 25.2 Å². The number of ketones is 1. The number of carbonyl (C=O) groups excluding carboxylic acids is 5. The highest BCUT2D eigenvalue weighted by atomic mass is 35.5. The predicted molar refractivity (Wildman–Crippen MR) is 128 cm³/mol. The van der Waals surface area contributed by atoms with E-state index in [4.69, 9.17) is 35.3 Å². The zero-order chi connectivity index (χ0) is 28.4. The molecule has 1 saturated carbocycles. The Morgan fingerprint density at radius 3 is 2.45 bits per heavy atom. The van der Waals surface area contributed by atoms with E-state index in [1.54, 1.807) is 13.0 Å². The number of rotatable bonds is 4. The van der Waals surface area contributed by atoms with Crippen LogP contribution in [0.4, 0.5) is 0 Å². The van der Waals surface area contributed by atoms with Crippen LogP contribution in [0.15, 0.2) is 24.3 Å². The molecular formula is C26H31ClO11. The number of esters is 4. The van der Waals surface area contributed by atoms with Crippen LogP contribution in [0.2, 0.25) is 0 Å². The first-order valence-corrected chi connectivity index (χ1v) is 12.7. The molecule has 3 fully saturated rings. The fraction of sp³-hybridized carbons (Fsp3) is 0.654. The third-order valence-electron chi connectivity index (χ3n) is 8.17. The van der Waals surface area contributed by atoms with Crippen molar-refractivity contribution in [2.75, 3.05) is 6.61 Å². The first-order chi connectivity index (χ1) is 17.6. The van der Waals surface area contributed by atoms with Crippen LogP contribution >= 0.6 is 11.6 Å². The summed E-state index contributed by atoms with van der Waals surface area (Å²) in [6, 6.07) is 0. The van der Waals surface area contributed by atoms with E-state index >= 15 is 0 Å². The number of aliphatic hydroxyl groups is 1. The number of hydrogen-bond donors (Lipinski definition) is 1. The highest BCUT2D eigenvalue weighted by Gasteiger charge is 2.73. The van der Waals surface area contributed by atoms with Gasteiger partial charge in [-0.3, -0.25) is 19.2 Å². The highest BCUT2D eigenvalue weighted by Crippen LogP contribution is 2.59. The number of halogens is 1. The largest absolute Gasteiger partial charge is 0.457 e. The molecular weight excluding hydrogens is 524 g/mol. The Bertz CT molecular complexity index is 1130. The molecule has 4 aliphatic rings. The average molecular weight is 555 g/mol. The summed E-state index contributed by atoms with van der Waals surface area (Å²) in [6.45, 7) is 9.87. The van der Waals surface area contributed by atoms with E-state index in [2.05, 4.69) is 6.58 Å². The van der Waals surface area contributed by atoms with Crippen molar-refractivity contribution in [3.63, 3.8) is 0 Å². The molecule has 0 radical (unpaired) electrons. The van der Waals surface area contributed by atoms with E-state index in [-0.39, 0.29) is 6.42 Å². The second-order valence-corrected chi connectivity index (χ2v) is 11.2. The Balaban J connectivity index is 1.97. The van der Waals surface area contributed by atoms with Gasteiger partial charge in [0, 0.05) is 19.3 Å². The van der Waals surface area contributed by atoms with Crippen molar-refractivity contribution in [2.45, 2.75) is 82.0 Å². The molecule has 0 aromatic heterocycles. The van der Waals surface area contributed by atoms with Gasteiger partial charge < -0.3 is 28.8 Å². The summed E-state index contributed by atoms with van der Waals surface area (Å²) in [7, 11) is 0. The zero-order valence-electron chi connectivity index (χ0n) is 21.7. The number of alkyl halides is 1. The van der Waals surface area contributed by atoms with E-state index in [0.717, 1.165) is 13.8 Å². The minimum atomic E-state index is -2.32. The Labute approximate surface area is 224 Å². The fourth-order valence-corrected chi connectivity index (χ4v) is 6.57. The van der Waals surface area contributed by atoms with Crippen LogP contribution in [0.1, 0.15) is 41.0 Å². The molecule has 0 spiro atoms. The standard InChI is InChI=1S/C26H31ClO11/c1-11-9-15-20(35-15)24(5)8-7-16(30)25(6,38-14(4)29)19(24)22(36-17(31)10-34-13(3)28)26(33)12(2)23(32)37-21(26)18(11)27/h7-8,12,15,18-22,33H,1,9-10H2,2-6H3. The average Bonchev–Trinajstić information content (AvgIpc) is 3.56. The van der Waals surface area contributed by atoms with Gasteiger partial charge in [0.05, 0.1) is 29.4 Å². The van der Waals surface area contributed by atoms with E-state index < -0.39 is 94.5 Å². The van der Waals surface area contributed by atoms with Crippen LogP contribution in [0.3, 0.4) is 0 Å². The molecule has 0 aromatic carbocycles. The first-order valence-electron chi connectivity index (χ1n) is 12.2. The smallest absolute Gasteiger partial charge is 0.344 e. The zero-order valence-corrected chi connectivity index (χ0v) is 22.5. The van der Waals surface area contributed by atoms with Crippen LogP contribution in [-0.2, 0) is 47.7 Å². The monoisotopic (exact) mass is 554 g/mol. The molecule has 0 bridgehead atoms. The van der Waals surface area contributed by atoms with Crippen molar-refractivity contribution in [2.24, 2.45) is 17.3 Å². The molecule has 10 unspecified atom stereocenters. The molecule has 0 amide bonds. The number of ether oxygens (including phenoxy) is 5.